The molecule has 0 spiro atoms. The van der Waals surface area contributed by atoms with Gasteiger partial charge in [-0.2, -0.15) is 5.26 Å². The maximum Gasteiger partial charge on any atom is 0.160 e. The van der Waals surface area contributed by atoms with Gasteiger partial charge in [0, 0.05) is 38.8 Å². The SMILES string of the molecule is CC1(C)c2ccccc2Oc2cc(C#N)c(-c3cccc(-c4cc(-c5cccc6ccccc56)nc(-c5ccccc5)n4)c3)cc21. The van der Waals surface area contributed by atoms with Gasteiger partial charge in [0.15, 0.2) is 5.82 Å². The summed E-state index contributed by atoms with van der Waals surface area (Å²) < 4.78 is 6.31. The predicted octanol–water partition coefficient (Wildman–Crippen LogP) is 10.6. The molecule has 0 saturated carbocycles. The van der Waals surface area contributed by atoms with Crippen LogP contribution in [0.4, 0.5) is 0 Å². The summed E-state index contributed by atoms with van der Waals surface area (Å²) >= 11 is 0. The summed E-state index contributed by atoms with van der Waals surface area (Å²) in [5.41, 5.74) is 8.88. The maximum atomic E-state index is 10.3. The molecule has 46 heavy (non-hydrogen) atoms. The number of aromatic nitrogens is 2. The van der Waals surface area contributed by atoms with Gasteiger partial charge in [0.1, 0.15) is 11.5 Å². The first kappa shape index (κ1) is 27.5. The maximum absolute atomic E-state index is 10.3. The summed E-state index contributed by atoms with van der Waals surface area (Å²) in [6, 6.07) is 49.7. The zero-order valence-electron chi connectivity index (χ0n) is 25.5. The molecule has 218 valence electrons. The lowest BCUT2D eigenvalue weighted by atomic mass is 9.74. The second-order valence-corrected chi connectivity index (χ2v) is 12.2. The van der Waals surface area contributed by atoms with E-state index in [2.05, 4.69) is 98.8 Å². The standard InChI is InChI=1S/C42H29N3O/c1-42(2)35-20-8-9-21-39(35)46-40-23-31(26-43)34(24-36(40)42)29-16-10-17-30(22-29)37-25-38(45-41(44-37)28-13-4-3-5-14-28)33-19-11-15-27-12-6-7-18-32(27)33/h3-25H,1-2H3. The van der Waals surface area contributed by atoms with Gasteiger partial charge in [0.2, 0.25) is 0 Å². The number of hydrogen-bond donors (Lipinski definition) is 0. The molecule has 7 aromatic rings. The fourth-order valence-electron chi connectivity index (χ4n) is 6.56. The minimum atomic E-state index is -0.297. The average molecular weight is 592 g/mol. The Hall–Kier alpha value is -6.05. The van der Waals surface area contributed by atoms with Crippen molar-refractivity contribution in [2.45, 2.75) is 19.3 Å². The van der Waals surface area contributed by atoms with Crippen LogP contribution in [-0.4, -0.2) is 9.97 Å². The lowest BCUT2D eigenvalue weighted by molar-refractivity contribution is 0.418. The highest BCUT2D eigenvalue weighted by Gasteiger charge is 2.35. The van der Waals surface area contributed by atoms with Crippen LogP contribution in [0.5, 0.6) is 11.5 Å². The van der Waals surface area contributed by atoms with Crippen molar-refractivity contribution in [3.8, 4) is 62.6 Å². The second-order valence-electron chi connectivity index (χ2n) is 12.2. The predicted molar refractivity (Wildman–Crippen MR) is 185 cm³/mol. The number of benzene rings is 6. The van der Waals surface area contributed by atoms with Gasteiger partial charge < -0.3 is 4.74 Å². The molecule has 4 heteroatoms. The molecule has 0 saturated heterocycles. The van der Waals surface area contributed by atoms with Crippen molar-refractivity contribution in [3.05, 3.63) is 156 Å². The molecule has 0 unspecified atom stereocenters. The number of fused-ring (bicyclic) bond motifs is 3. The van der Waals surface area contributed by atoms with Crippen LogP contribution in [0, 0.1) is 11.3 Å². The molecule has 0 atom stereocenters. The molecule has 2 heterocycles. The minimum absolute atomic E-state index is 0.297. The number of nitrogens with zero attached hydrogens (tertiary/aromatic N) is 3. The summed E-state index contributed by atoms with van der Waals surface area (Å²) in [5, 5.41) is 12.6. The third kappa shape index (κ3) is 4.62. The quantitative estimate of drug-likeness (QED) is 0.204. The summed E-state index contributed by atoms with van der Waals surface area (Å²) in [7, 11) is 0. The highest BCUT2D eigenvalue weighted by Crippen LogP contribution is 2.49. The Morgan fingerprint density at radius 2 is 1.26 bits per heavy atom. The second kappa shape index (κ2) is 10.8. The normalized spacial score (nSPS) is 12.9. The van der Waals surface area contributed by atoms with Crippen molar-refractivity contribution < 1.29 is 4.74 Å². The molecule has 0 N–H and O–H groups in total. The van der Waals surface area contributed by atoms with Crippen LogP contribution < -0.4 is 4.74 Å². The fourth-order valence-corrected chi connectivity index (χ4v) is 6.56. The number of hydrogen-bond acceptors (Lipinski definition) is 4. The van der Waals surface area contributed by atoms with E-state index >= 15 is 0 Å². The first-order valence-electron chi connectivity index (χ1n) is 15.4. The molecule has 8 rings (SSSR count). The summed E-state index contributed by atoms with van der Waals surface area (Å²) in [6.07, 6.45) is 0. The Labute approximate surface area is 268 Å². The topological polar surface area (TPSA) is 58.8 Å². The van der Waals surface area contributed by atoms with E-state index in [0.29, 0.717) is 11.4 Å². The highest BCUT2D eigenvalue weighted by molar-refractivity contribution is 5.96. The molecule has 1 aliphatic rings. The molecule has 4 nitrogen and oxygen atoms in total. The summed E-state index contributed by atoms with van der Waals surface area (Å²) in [6.45, 7) is 4.42. The van der Waals surface area contributed by atoms with Crippen LogP contribution in [0.1, 0.15) is 30.5 Å². The first-order valence-corrected chi connectivity index (χ1v) is 15.4. The van der Waals surface area contributed by atoms with E-state index in [1.54, 1.807) is 0 Å². The third-order valence-corrected chi connectivity index (χ3v) is 8.99. The van der Waals surface area contributed by atoms with E-state index in [0.717, 1.165) is 72.6 Å². The van der Waals surface area contributed by atoms with Crippen LogP contribution in [0.15, 0.2) is 140 Å². The highest BCUT2D eigenvalue weighted by atomic mass is 16.5. The van der Waals surface area contributed by atoms with Crippen molar-refractivity contribution in [1.29, 1.82) is 5.26 Å². The molecule has 0 aliphatic carbocycles. The summed E-state index contributed by atoms with van der Waals surface area (Å²) in [5.74, 6) is 2.22. The minimum Gasteiger partial charge on any atom is -0.457 e. The lowest BCUT2D eigenvalue weighted by Crippen LogP contribution is -2.24. The van der Waals surface area contributed by atoms with Crippen molar-refractivity contribution in [3.63, 3.8) is 0 Å². The van der Waals surface area contributed by atoms with Gasteiger partial charge in [-0.15, -0.1) is 0 Å². The molecular formula is C42H29N3O. The van der Waals surface area contributed by atoms with Gasteiger partial charge in [-0.1, -0.05) is 123 Å². The van der Waals surface area contributed by atoms with Crippen molar-refractivity contribution in [2.75, 3.05) is 0 Å². The Morgan fingerprint density at radius 3 is 2.13 bits per heavy atom. The Morgan fingerprint density at radius 1 is 0.565 bits per heavy atom. The largest absolute Gasteiger partial charge is 0.457 e. The van der Waals surface area contributed by atoms with Crippen molar-refractivity contribution in [1.82, 2.24) is 9.97 Å². The monoisotopic (exact) mass is 591 g/mol. The molecule has 0 amide bonds. The zero-order valence-corrected chi connectivity index (χ0v) is 25.5. The molecule has 0 fully saturated rings. The summed E-state index contributed by atoms with van der Waals surface area (Å²) in [4.78, 5) is 10.2. The van der Waals surface area contributed by atoms with Gasteiger partial charge in [-0.25, -0.2) is 9.97 Å². The molecule has 6 aromatic carbocycles. The smallest absolute Gasteiger partial charge is 0.160 e. The lowest BCUT2D eigenvalue weighted by Gasteiger charge is -2.35. The van der Waals surface area contributed by atoms with Gasteiger partial charge in [-0.05, 0) is 46.7 Å². The molecule has 0 bridgehead atoms. The van der Waals surface area contributed by atoms with Crippen LogP contribution >= 0.6 is 0 Å². The van der Waals surface area contributed by atoms with E-state index in [-0.39, 0.29) is 5.41 Å². The van der Waals surface area contributed by atoms with E-state index in [1.165, 1.54) is 0 Å². The molecule has 1 aliphatic heterocycles. The van der Waals surface area contributed by atoms with E-state index < -0.39 is 0 Å². The number of nitriles is 1. The first-order chi connectivity index (χ1) is 22.5. The van der Waals surface area contributed by atoms with E-state index in [1.807, 2.05) is 60.7 Å². The van der Waals surface area contributed by atoms with Gasteiger partial charge in [-0.3, -0.25) is 0 Å². The molecule has 0 radical (unpaired) electrons. The Kier molecular flexibility index (Phi) is 6.48. The van der Waals surface area contributed by atoms with Crippen molar-refractivity contribution in [2.24, 2.45) is 0 Å². The number of ether oxygens (including phenoxy) is 1. The Balaban J connectivity index is 1.29. The van der Waals surface area contributed by atoms with Crippen LogP contribution in [0.25, 0.3) is 55.8 Å². The van der Waals surface area contributed by atoms with Gasteiger partial charge >= 0.3 is 0 Å². The van der Waals surface area contributed by atoms with E-state index in [9.17, 15) is 5.26 Å². The third-order valence-electron chi connectivity index (χ3n) is 8.99. The van der Waals surface area contributed by atoms with Crippen LogP contribution in [0.2, 0.25) is 0 Å². The average Bonchev–Trinajstić information content (AvgIpc) is 3.11. The Bertz CT molecular complexity index is 2330. The molecule has 1 aromatic heterocycles. The van der Waals surface area contributed by atoms with Crippen LogP contribution in [-0.2, 0) is 5.41 Å². The van der Waals surface area contributed by atoms with Crippen LogP contribution in [0.3, 0.4) is 0 Å². The van der Waals surface area contributed by atoms with Gasteiger partial charge in [0.25, 0.3) is 0 Å². The molecular weight excluding hydrogens is 562 g/mol. The van der Waals surface area contributed by atoms with Gasteiger partial charge in [0.05, 0.1) is 23.0 Å². The zero-order chi connectivity index (χ0) is 31.3. The fraction of sp³-hybridized carbons (Fsp3) is 0.0714. The van der Waals surface area contributed by atoms with E-state index in [4.69, 9.17) is 14.7 Å². The van der Waals surface area contributed by atoms with Crippen molar-refractivity contribution >= 4 is 10.8 Å². The number of rotatable bonds is 4. The number of para-hydroxylation sites is 1.